The molecule has 4 nitrogen and oxygen atoms in total. The van der Waals surface area contributed by atoms with Gasteiger partial charge in [-0.25, -0.2) is 0 Å². The smallest absolute Gasteiger partial charge is 0.231 e. The van der Waals surface area contributed by atoms with Crippen molar-refractivity contribution in [2.75, 3.05) is 6.79 Å². The summed E-state index contributed by atoms with van der Waals surface area (Å²) in [5, 5.41) is 3.40. The fraction of sp³-hybridized carbons (Fsp3) is 0.438. The van der Waals surface area contributed by atoms with Crippen LogP contribution in [0.1, 0.15) is 31.2 Å². The third-order valence-electron chi connectivity index (χ3n) is 4.71. The van der Waals surface area contributed by atoms with Gasteiger partial charge in [-0.1, -0.05) is 24.6 Å². The van der Waals surface area contributed by atoms with E-state index in [9.17, 15) is 0 Å². The van der Waals surface area contributed by atoms with Crippen LogP contribution in [0.5, 0.6) is 11.5 Å². The van der Waals surface area contributed by atoms with Crippen LogP contribution in [-0.4, -0.2) is 28.9 Å². The van der Waals surface area contributed by atoms with Gasteiger partial charge in [0, 0.05) is 11.0 Å². The molecule has 108 valence electrons. The van der Waals surface area contributed by atoms with E-state index < -0.39 is 0 Å². The lowest BCUT2D eigenvalue weighted by Gasteiger charge is -2.32. The Bertz CT molecular complexity index is 670. The number of hydrogen-bond acceptors (Lipinski definition) is 5. The molecule has 0 saturated heterocycles. The zero-order valence-electron chi connectivity index (χ0n) is 11.6. The Morgan fingerprint density at radius 2 is 2.05 bits per heavy atom. The second-order valence-corrected chi connectivity index (χ2v) is 6.73. The molecule has 1 aliphatic carbocycles. The first-order valence-corrected chi connectivity index (χ1v) is 8.42. The molecule has 0 aromatic heterocycles. The Morgan fingerprint density at radius 3 is 3.05 bits per heavy atom. The lowest BCUT2D eigenvalue weighted by atomic mass is 9.90. The highest BCUT2D eigenvalue weighted by atomic mass is 32.2. The van der Waals surface area contributed by atoms with Gasteiger partial charge in [0.05, 0.1) is 17.8 Å². The molecule has 4 aliphatic rings. The standard InChI is InChI=1S/C16H16N2O2S/c1-2-4-12-11(3-1)17-16-18(12)13(8-21-16)10-5-6-14-15(7-10)20-9-19-14/h5-8,11-12H,1-4,9H2/t11-,12+/m1/s1. The minimum absolute atomic E-state index is 0.327. The number of ether oxygens (including phenoxy) is 2. The van der Waals surface area contributed by atoms with E-state index in [1.54, 1.807) is 11.8 Å². The molecule has 0 bridgehead atoms. The van der Waals surface area contributed by atoms with Gasteiger partial charge in [-0.2, -0.15) is 0 Å². The molecule has 0 spiro atoms. The van der Waals surface area contributed by atoms with Crippen molar-refractivity contribution in [3.05, 3.63) is 29.2 Å². The Hall–Kier alpha value is -1.62. The normalized spacial score (nSPS) is 29.0. The van der Waals surface area contributed by atoms with Crippen molar-refractivity contribution < 1.29 is 9.47 Å². The summed E-state index contributed by atoms with van der Waals surface area (Å²) in [4.78, 5) is 7.37. The van der Waals surface area contributed by atoms with Crippen LogP contribution in [0.4, 0.5) is 0 Å². The van der Waals surface area contributed by atoms with E-state index in [2.05, 4.69) is 22.4 Å². The van der Waals surface area contributed by atoms with Crippen LogP contribution in [0, 0.1) is 0 Å². The van der Waals surface area contributed by atoms with Crippen LogP contribution in [0.2, 0.25) is 0 Å². The van der Waals surface area contributed by atoms with Crippen molar-refractivity contribution in [2.45, 2.75) is 37.8 Å². The van der Waals surface area contributed by atoms with Crippen molar-refractivity contribution in [3.8, 4) is 11.5 Å². The monoisotopic (exact) mass is 300 g/mol. The lowest BCUT2D eigenvalue weighted by Crippen LogP contribution is -2.38. The van der Waals surface area contributed by atoms with E-state index >= 15 is 0 Å². The third kappa shape index (κ3) is 1.73. The van der Waals surface area contributed by atoms with Crippen LogP contribution >= 0.6 is 11.8 Å². The predicted octanol–water partition coefficient (Wildman–Crippen LogP) is 3.44. The zero-order valence-corrected chi connectivity index (χ0v) is 12.4. The van der Waals surface area contributed by atoms with Gasteiger partial charge in [-0.15, -0.1) is 0 Å². The number of hydrogen-bond donors (Lipinski definition) is 0. The minimum Gasteiger partial charge on any atom is -0.454 e. The number of amidine groups is 1. The van der Waals surface area contributed by atoms with Crippen LogP contribution in [0.25, 0.3) is 5.70 Å². The molecule has 21 heavy (non-hydrogen) atoms. The SMILES string of the molecule is C1=C(c2ccc3c(c2)OCO3)N2C(=N[C@@H]3CCCC[C@@H]32)S1. The Morgan fingerprint density at radius 1 is 1.14 bits per heavy atom. The fourth-order valence-corrected chi connectivity index (χ4v) is 4.70. The van der Waals surface area contributed by atoms with Crippen LogP contribution in [0.3, 0.4) is 0 Å². The summed E-state index contributed by atoms with van der Waals surface area (Å²) in [7, 11) is 0. The van der Waals surface area contributed by atoms with Gasteiger partial charge in [-0.05, 0) is 31.0 Å². The number of fused-ring (bicyclic) bond motifs is 4. The van der Waals surface area contributed by atoms with E-state index in [1.165, 1.54) is 42.1 Å². The molecule has 1 saturated carbocycles. The van der Waals surface area contributed by atoms with E-state index in [4.69, 9.17) is 14.5 Å². The predicted molar refractivity (Wildman–Crippen MR) is 83.5 cm³/mol. The Kier molecular flexibility index (Phi) is 2.53. The molecule has 1 aromatic carbocycles. The number of rotatable bonds is 1. The highest BCUT2D eigenvalue weighted by Crippen LogP contribution is 2.45. The van der Waals surface area contributed by atoms with Gasteiger partial charge in [0.2, 0.25) is 6.79 Å². The molecular weight excluding hydrogens is 284 g/mol. The van der Waals surface area contributed by atoms with Gasteiger partial charge in [-0.3, -0.25) is 4.99 Å². The first kappa shape index (κ1) is 12.0. The molecule has 5 heteroatoms. The maximum atomic E-state index is 5.51. The topological polar surface area (TPSA) is 34.1 Å². The van der Waals surface area contributed by atoms with Gasteiger partial charge < -0.3 is 14.4 Å². The van der Waals surface area contributed by atoms with Gasteiger partial charge in [0.25, 0.3) is 0 Å². The second-order valence-electron chi connectivity index (χ2n) is 5.89. The van der Waals surface area contributed by atoms with Crippen LogP contribution in [0.15, 0.2) is 28.6 Å². The summed E-state index contributed by atoms with van der Waals surface area (Å²) in [5.41, 5.74) is 2.47. The average molecular weight is 300 g/mol. The summed E-state index contributed by atoms with van der Waals surface area (Å²) in [6.07, 6.45) is 5.12. The van der Waals surface area contributed by atoms with Crippen molar-refractivity contribution in [1.29, 1.82) is 0 Å². The molecule has 0 amide bonds. The summed E-state index contributed by atoms with van der Waals surface area (Å²) < 4.78 is 10.9. The van der Waals surface area contributed by atoms with Gasteiger partial charge >= 0.3 is 0 Å². The number of thioether (sulfide) groups is 1. The molecule has 1 fully saturated rings. The highest BCUT2D eigenvalue weighted by molar-refractivity contribution is 8.16. The molecular formula is C16H16N2O2S. The summed E-state index contributed by atoms with van der Waals surface area (Å²) in [5.74, 6) is 1.69. The molecule has 2 atom stereocenters. The quantitative estimate of drug-likeness (QED) is 0.795. The molecule has 0 unspecified atom stereocenters. The third-order valence-corrected chi connectivity index (χ3v) is 5.57. The van der Waals surface area contributed by atoms with Crippen LogP contribution < -0.4 is 9.47 Å². The van der Waals surface area contributed by atoms with Gasteiger partial charge in [0.1, 0.15) is 0 Å². The molecule has 1 aromatic rings. The zero-order chi connectivity index (χ0) is 13.8. The van der Waals surface area contributed by atoms with Crippen molar-refractivity contribution >= 4 is 22.6 Å². The van der Waals surface area contributed by atoms with Crippen LogP contribution in [-0.2, 0) is 0 Å². The Labute approximate surface area is 127 Å². The molecule has 0 radical (unpaired) electrons. The molecule has 5 rings (SSSR count). The van der Waals surface area contributed by atoms with E-state index in [-0.39, 0.29) is 0 Å². The van der Waals surface area contributed by atoms with E-state index in [0.717, 1.165) is 11.5 Å². The summed E-state index contributed by atoms with van der Waals surface area (Å²) in [6, 6.07) is 7.28. The summed E-state index contributed by atoms with van der Waals surface area (Å²) >= 11 is 1.76. The van der Waals surface area contributed by atoms with Crippen molar-refractivity contribution in [3.63, 3.8) is 0 Å². The maximum absolute atomic E-state index is 5.51. The number of aliphatic imine (C=N–C) groups is 1. The van der Waals surface area contributed by atoms with Crippen molar-refractivity contribution in [2.24, 2.45) is 4.99 Å². The molecule has 3 aliphatic heterocycles. The molecule has 0 N–H and O–H groups in total. The first-order valence-electron chi connectivity index (χ1n) is 7.54. The Balaban J connectivity index is 1.51. The van der Waals surface area contributed by atoms with Crippen molar-refractivity contribution in [1.82, 2.24) is 4.90 Å². The maximum Gasteiger partial charge on any atom is 0.231 e. The van der Waals surface area contributed by atoms with E-state index in [1.807, 2.05) is 6.07 Å². The highest BCUT2D eigenvalue weighted by Gasteiger charge is 2.42. The first-order chi connectivity index (χ1) is 10.4. The van der Waals surface area contributed by atoms with E-state index in [0.29, 0.717) is 18.9 Å². The average Bonchev–Trinajstić information content (AvgIpc) is 3.20. The summed E-state index contributed by atoms with van der Waals surface area (Å²) in [6.45, 7) is 0.327. The fourth-order valence-electron chi connectivity index (χ4n) is 3.69. The minimum atomic E-state index is 0.327. The largest absolute Gasteiger partial charge is 0.454 e. The lowest BCUT2D eigenvalue weighted by molar-refractivity contribution is 0.174. The molecule has 3 heterocycles. The second kappa shape index (κ2) is 4.44. The number of nitrogens with zero attached hydrogens (tertiary/aromatic N) is 2. The van der Waals surface area contributed by atoms with Gasteiger partial charge in [0.15, 0.2) is 16.7 Å². The number of benzene rings is 1.